The van der Waals surface area contributed by atoms with E-state index in [1.165, 1.54) is 0 Å². The van der Waals surface area contributed by atoms with Crippen molar-refractivity contribution >= 4 is 11.9 Å². The first-order valence-corrected chi connectivity index (χ1v) is 7.47. The Labute approximate surface area is 116 Å². The second-order valence-corrected chi connectivity index (χ2v) is 5.10. The third kappa shape index (κ3) is 13.2. The van der Waals surface area contributed by atoms with Gasteiger partial charge in [0.15, 0.2) is 0 Å². The van der Waals surface area contributed by atoms with E-state index < -0.39 is 5.97 Å². The Morgan fingerprint density at radius 3 is 2.05 bits per heavy atom. The Hall–Kier alpha value is -1.06. The zero-order chi connectivity index (χ0) is 14.5. The largest absolute Gasteiger partial charge is 0.481 e. The zero-order valence-corrected chi connectivity index (χ0v) is 12.3. The summed E-state index contributed by atoms with van der Waals surface area (Å²) in [6, 6.07) is 0. The van der Waals surface area contributed by atoms with Crippen molar-refractivity contribution in [3.63, 3.8) is 0 Å². The number of hydrogen-bond acceptors (Lipinski definition) is 3. The molecule has 0 fully saturated rings. The number of hydrogen-bond donors (Lipinski definition) is 1. The smallest absolute Gasteiger partial charge is 0.306 e. The summed E-state index contributed by atoms with van der Waals surface area (Å²) in [4.78, 5) is 21.7. The molecule has 0 saturated heterocycles. The fourth-order valence-corrected chi connectivity index (χ4v) is 2.00. The monoisotopic (exact) mass is 272 g/mol. The first-order chi connectivity index (χ1) is 9.06. The van der Waals surface area contributed by atoms with Gasteiger partial charge >= 0.3 is 11.9 Å². The van der Waals surface area contributed by atoms with E-state index in [2.05, 4.69) is 6.92 Å². The molecule has 0 aromatic rings. The van der Waals surface area contributed by atoms with E-state index in [4.69, 9.17) is 9.84 Å². The summed E-state index contributed by atoms with van der Waals surface area (Å²) < 4.78 is 5.26. The van der Waals surface area contributed by atoms with Gasteiger partial charge in [0.1, 0.15) is 0 Å². The Balaban J connectivity index is 3.29. The van der Waals surface area contributed by atoms with Crippen LogP contribution in [0.5, 0.6) is 0 Å². The van der Waals surface area contributed by atoms with Crippen LogP contribution in [0.15, 0.2) is 0 Å². The van der Waals surface area contributed by atoms with Crippen molar-refractivity contribution in [1.29, 1.82) is 0 Å². The minimum absolute atomic E-state index is 0.0357. The van der Waals surface area contributed by atoms with Crippen LogP contribution >= 0.6 is 0 Å². The van der Waals surface area contributed by atoms with Crippen molar-refractivity contribution in [2.75, 3.05) is 0 Å². The molecule has 19 heavy (non-hydrogen) atoms. The van der Waals surface area contributed by atoms with Crippen molar-refractivity contribution < 1.29 is 19.4 Å². The molecule has 0 aromatic carbocycles. The predicted octanol–water partition coefficient (Wildman–Crippen LogP) is 3.92. The van der Waals surface area contributed by atoms with Crippen LogP contribution in [0.25, 0.3) is 0 Å². The summed E-state index contributed by atoms with van der Waals surface area (Å²) in [5.41, 5.74) is 0. The van der Waals surface area contributed by atoms with Crippen LogP contribution < -0.4 is 0 Å². The minimum atomic E-state index is -0.719. The van der Waals surface area contributed by atoms with Crippen molar-refractivity contribution in [2.45, 2.75) is 84.2 Å². The number of carboxylic acid groups (broad SMARTS) is 1. The van der Waals surface area contributed by atoms with Crippen molar-refractivity contribution in [3.05, 3.63) is 0 Å². The van der Waals surface area contributed by atoms with Gasteiger partial charge in [-0.15, -0.1) is 0 Å². The van der Waals surface area contributed by atoms with Crippen LogP contribution in [0.1, 0.15) is 78.1 Å². The zero-order valence-electron chi connectivity index (χ0n) is 12.3. The third-order valence-electron chi connectivity index (χ3n) is 3.05. The molecule has 4 nitrogen and oxygen atoms in total. The number of carboxylic acids is 1. The summed E-state index contributed by atoms with van der Waals surface area (Å²) in [5.74, 6) is -0.809. The molecule has 0 spiro atoms. The van der Waals surface area contributed by atoms with Gasteiger partial charge in [-0.1, -0.05) is 39.0 Å². The second kappa shape index (κ2) is 12.0. The molecule has 0 radical (unpaired) electrons. The maximum absolute atomic E-state index is 11.5. The van der Waals surface area contributed by atoms with Gasteiger partial charge in [0.25, 0.3) is 0 Å². The number of ether oxygens (including phenoxy) is 1. The van der Waals surface area contributed by atoms with Gasteiger partial charge < -0.3 is 9.84 Å². The quantitative estimate of drug-likeness (QED) is 0.432. The van der Waals surface area contributed by atoms with Crippen molar-refractivity contribution in [1.82, 2.24) is 0 Å². The summed E-state index contributed by atoms with van der Waals surface area (Å²) in [5, 5.41) is 8.47. The summed E-state index contributed by atoms with van der Waals surface area (Å²) in [6.07, 6.45) is 8.49. The number of rotatable bonds is 12. The highest BCUT2D eigenvalue weighted by Crippen LogP contribution is 2.10. The molecule has 4 heteroatoms. The minimum Gasteiger partial charge on any atom is -0.481 e. The van der Waals surface area contributed by atoms with Gasteiger partial charge in [-0.2, -0.15) is 0 Å². The molecule has 0 aromatic heterocycles. The molecule has 0 rings (SSSR count). The van der Waals surface area contributed by atoms with Gasteiger partial charge in [0, 0.05) is 12.8 Å². The van der Waals surface area contributed by atoms with Gasteiger partial charge in [0.2, 0.25) is 0 Å². The van der Waals surface area contributed by atoms with E-state index in [0.717, 1.165) is 51.4 Å². The summed E-state index contributed by atoms with van der Waals surface area (Å²) in [7, 11) is 0. The van der Waals surface area contributed by atoms with Gasteiger partial charge in [-0.05, 0) is 26.2 Å². The lowest BCUT2D eigenvalue weighted by molar-refractivity contribution is -0.148. The molecule has 0 bridgehead atoms. The number of unbranched alkanes of at least 4 members (excludes halogenated alkanes) is 5. The lowest BCUT2D eigenvalue weighted by Gasteiger charge is -2.11. The summed E-state index contributed by atoms with van der Waals surface area (Å²) in [6.45, 7) is 4.01. The fourth-order valence-electron chi connectivity index (χ4n) is 2.00. The number of carbonyl (C=O) groups excluding carboxylic acids is 1. The van der Waals surface area contributed by atoms with Crippen LogP contribution in [0, 0.1) is 0 Å². The average molecular weight is 272 g/mol. The molecule has 0 saturated carbocycles. The third-order valence-corrected chi connectivity index (χ3v) is 3.05. The van der Waals surface area contributed by atoms with Crippen LogP contribution in [-0.2, 0) is 14.3 Å². The van der Waals surface area contributed by atoms with Gasteiger partial charge in [-0.25, -0.2) is 0 Å². The molecule has 0 aliphatic carbocycles. The number of carbonyl (C=O) groups is 2. The molecular weight excluding hydrogens is 244 g/mol. The molecule has 1 atom stereocenters. The molecule has 1 unspecified atom stereocenters. The fraction of sp³-hybridized carbons (Fsp3) is 0.867. The molecule has 0 heterocycles. The highest BCUT2D eigenvalue weighted by molar-refractivity contribution is 5.69. The molecule has 0 aliphatic heterocycles. The SMILES string of the molecule is CCCC(C)OC(=O)CCCCCCCCC(=O)O. The Morgan fingerprint density at radius 2 is 1.53 bits per heavy atom. The van der Waals surface area contributed by atoms with E-state index in [1.54, 1.807) is 0 Å². The normalized spacial score (nSPS) is 12.1. The second-order valence-electron chi connectivity index (χ2n) is 5.10. The van der Waals surface area contributed by atoms with Gasteiger partial charge in [0.05, 0.1) is 6.10 Å². The van der Waals surface area contributed by atoms with Crippen LogP contribution in [0.4, 0.5) is 0 Å². The molecule has 0 amide bonds. The number of aliphatic carboxylic acids is 1. The van der Waals surface area contributed by atoms with Crippen LogP contribution in [0.2, 0.25) is 0 Å². The van der Waals surface area contributed by atoms with E-state index in [0.29, 0.717) is 6.42 Å². The van der Waals surface area contributed by atoms with Crippen molar-refractivity contribution in [2.24, 2.45) is 0 Å². The highest BCUT2D eigenvalue weighted by atomic mass is 16.5. The standard InChI is InChI=1S/C15H28O4/c1-3-10-13(2)19-15(18)12-9-7-5-4-6-8-11-14(16)17/h13H,3-12H2,1-2H3,(H,16,17). The van der Waals surface area contributed by atoms with E-state index in [-0.39, 0.29) is 18.5 Å². The lowest BCUT2D eigenvalue weighted by atomic mass is 10.1. The van der Waals surface area contributed by atoms with Crippen LogP contribution in [0.3, 0.4) is 0 Å². The molecular formula is C15H28O4. The first-order valence-electron chi connectivity index (χ1n) is 7.47. The van der Waals surface area contributed by atoms with E-state index in [9.17, 15) is 9.59 Å². The average Bonchev–Trinajstić information content (AvgIpc) is 2.32. The van der Waals surface area contributed by atoms with E-state index >= 15 is 0 Å². The Bertz CT molecular complexity index is 251. The molecule has 1 N–H and O–H groups in total. The topological polar surface area (TPSA) is 63.6 Å². The van der Waals surface area contributed by atoms with Crippen molar-refractivity contribution in [3.8, 4) is 0 Å². The summed E-state index contributed by atoms with van der Waals surface area (Å²) >= 11 is 0. The highest BCUT2D eigenvalue weighted by Gasteiger charge is 2.07. The predicted molar refractivity (Wildman–Crippen MR) is 75.0 cm³/mol. The maximum Gasteiger partial charge on any atom is 0.306 e. The van der Waals surface area contributed by atoms with Crippen LogP contribution in [-0.4, -0.2) is 23.1 Å². The maximum atomic E-state index is 11.5. The lowest BCUT2D eigenvalue weighted by Crippen LogP contribution is -2.14. The Morgan fingerprint density at radius 1 is 1.00 bits per heavy atom. The van der Waals surface area contributed by atoms with E-state index in [1.807, 2.05) is 6.92 Å². The number of esters is 1. The molecule has 112 valence electrons. The van der Waals surface area contributed by atoms with Gasteiger partial charge in [-0.3, -0.25) is 9.59 Å². The Kier molecular flexibility index (Phi) is 11.3. The molecule has 0 aliphatic rings. The first kappa shape index (κ1) is 17.9.